The highest BCUT2D eigenvalue weighted by Gasteiger charge is 2.27. The molecule has 9 nitrogen and oxygen atoms in total. The van der Waals surface area contributed by atoms with E-state index in [0.29, 0.717) is 42.7 Å². The fraction of sp³-hybridized carbons (Fsp3) is 0.500. The van der Waals surface area contributed by atoms with Gasteiger partial charge >= 0.3 is 0 Å². The van der Waals surface area contributed by atoms with Crippen LogP contribution in [-0.4, -0.2) is 47.3 Å². The van der Waals surface area contributed by atoms with E-state index in [0.717, 1.165) is 42.1 Å². The Morgan fingerprint density at radius 3 is 2.71 bits per heavy atom. The van der Waals surface area contributed by atoms with Gasteiger partial charge in [0.1, 0.15) is 0 Å². The molecule has 0 unspecified atom stereocenters. The number of carbonyl (C=O) groups is 1. The SMILES string of the molecule is CCCc1cc(=O)n2nc(N3CCC(C(=O)NCc4ccc(OCC)c(OC)c4)CC3)sc2n1. The monoisotopic (exact) mass is 485 g/mol. The summed E-state index contributed by atoms with van der Waals surface area (Å²) in [5.41, 5.74) is 1.63. The van der Waals surface area contributed by atoms with Crippen LogP contribution in [0.4, 0.5) is 5.13 Å². The molecule has 1 amide bonds. The Bertz CT molecular complexity index is 1200. The van der Waals surface area contributed by atoms with Crippen molar-refractivity contribution in [3.05, 3.63) is 45.9 Å². The first kappa shape index (κ1) is 24.0. The molecular weight excluding hydrogens is 454 g/mol. The van der Waals surface area contributed by atoms with E-state index in [9.17, 15) is 9.59 Å². The minimum Gasteiger partial charge on any atom is -0.493 e. The van der Waals surface area contributed by atoms with Crippen molar-refractivity contribution in [2.24, 2.45) is 5.92 Å². The first-order valence-electron chi connectivity index (χ1n) is 11.7. The molecule has 0 spiro atoms. The third-order valence-electron chi connectivity index (χ3n) is 5.92. The Morgan fingerprint density at radius 1 is 1.21 bits per heavy atom. The molecular formula is C24H31N5O4S. The van der Waals surface area contributed by atoms with Crippen molar-refractivity contribution < 1.29 is 14.3 Å². The lowest BCUT2D eigenvalue weighted by molar-refractivity contribution is -0.125. The molecule has 0 bridgehead atoms. The van der Waals surface area contributed by atoms with Crippen molar-refractivity contribution in [3.63, 3.8) is 0 Å². The molecule has 3 heterocycles. The fourth-order valence-corrected chi connectivity index (χ4v) is 5.10. The zero-order valence-electron chi connectivity index (χ0n) is 19.9. The average Bonchev–Trinajstić information content (AvgIpc) is 3.28. The van der Waals surface area contributed by atoms with E-state index in [-0.39, 0.29) is 17.4 Å². The van der Waals surface area contributed by atoms with Crippen LogP contribution in [0.5, 0.6) is 11.5 Å². The predicted molar refractivity (Wildman–Crippen MR) is 132 cm³/mol. The van der Waals surface area contributed by atoms with E-state index < -0.39 is 0 Å². The van der Waals surface area contributed by atoms with Crippen LogP contribution in [0.3, 0.4) is 0 Å². The highest BCUT2D eigenvalue weighted by molar-refractivity contribution is 7.20. The van der Waals surface area contributed by atoms with Crippen molar-refractivity contribution in [3.8, 4) is 11.5 Å². The number of fused-ring (bicyclic) bond motifs is 1. The Hall–Kier alpha value is -3.14. The smallest absolute Gasteiger partial charge is 0.275 e. The summed E-state index contributed by atoms with van der Waals surface area (Å²) >= 11 is 1.43. The maximum Gasteiger partial charge on any atom is 0.275 e. The number of amides is 1. The molecule has 1 N–H and O–H groups in total. The van der Waals surface area contributed by atoms with E-state index in [1.165, 1.54) is 15.9 Å². The molecule has 10 heteroatoms. The van der Waals surface area contributed by atoms with Gasteiger partial charge in [-0.15, -0.1) is 5.10 Å². The van der Waals surface area contributed by atoms with Gasteiger partial charge in [-0.3, -0.25) is 9.59 Å². The second kappa shape index (κ2) is 10.9. The van der Waals surface area contributed by atoms with E-state index >= 15 is 0 Å². The number of ether oxygens (including phenoxy) is 2. The van der Waals surface area contributed by atoms with Crippen LogP contribution in [-0.2, 0) is 17.8 Å². The molecule has 1 saturated heterocycles. The van der Waals surface area contributed by atoms with Crippen LogP contribution in [0.1, 0.15) is 44.4 Å². The van der Waals surface area contributed by atoms with Gasteiger partial charge in [-0.1, -0.05) is 30.7 Å². The Balaban J connectivity index is 1.33. The normalized spacial score (nSPS) is 14.4. The second-order valence-corrected chi connectivity index (χ2v) is 9.25. The van der Waals surface area contributed by atoms with Gasteiger partial charge in [0.2, 0.25) is 16.0 Å². The van der Waals surface area contributed by atoms with Crippen LogP contribution in [0, 0.1) is 5.92 Å². The number of nitrogens with one attached hydrogen (secondary N) is 1. The van der Waals surface area contributed by atoms with Crippen LogP contribution < -0.4 is 25.2 Å². The molecule has 4 rings (SSSR count). The number of aryl methyl sites for hydroxylation is 1. The number of methoxy groups -OCH3 is 1. The van der Waals surface area contributed by atoms with Crippen molar-refractivity contribution in [1.82, 2.24) is 19.9 Å². The number of carbonyl (C=O) groups excluding carboxylic acids is 1. The lowest BCUT2D eigenvalue weighted by Crippen LogP contribution is -2.40. The zero-order chi connectivity index (χ0) is 24.1. The summed E-state index contributed by atoms with van der Waals surface area (Å²) in [6, 6.07) is 7.26. The molecule has 1 aliphatic rings. The van der Waals surface area contributed by atoms with Gasteiger partial charge in [-0.2, -0.15) is 4.52 Å². The summed E-state index contributed by atoms with van der Waals surface area (Å²) in [4.78, 5) is 32.5. The maximum atomic E-state index is 12.8. The predicted octanol–water partition coefficient (Wildman–Crippen LogP) is 3.04. The fourth-order valence-electron chi connectivity index (χ4n) is 4.12. The van der Waals surface area contributed by atoms with Crippen molar-refractivity contribution in [1.29, 1.82) is 0 Å². The molecule has 34 heavy (non-hydrogen) atoms. The van der Waals surface area contributed by atoms with Crippen molar-refractivity contribution in [2.45, 2.75) is 46.1 Å². The Morgan fingerprint density at radius 2 is 2.00 bits per heavy atom. The molecule has 0 atom stereocenters. The maximum absolute atomic E-state index is 12.8. The topological polar surface area (TPSA) is 98.1 Å². The van der Waals surface area contributed by atoms with Gasteiger partial charge < -0.3 is 19.7 Å². The highest BCUT2D eigenvalue weighted by atomic mass is 32.1. The van der Waals surface area contributed by atoms with Gasteiger partial charge in [0, 0.05) is 37.3 Å². The number of benzene rings is 1. The first-order chi connectivity index (χ1) is 16.5. The number of aromatic nitrogens is 3. The second-order valence-electron chi connectivity index (χ2n) is 8.31. The molecule has 0 radical (unpaired) electrons. The van der Waals surface area contributed by atoms with Gasteiger partial charge in [-0.05, 0) is 43.9 Å². The lowest BCUT2D eigenvalue weighted by atomic mass is 9.96. The first-order valence-corrected chi connectivity index (χ1v) is 12.6. The molecule has 1 aliphatic heterocycles. The average molecular weight is 486 g/mol. The third kappa shape index (κ3) is 5.32. The summed E-state index contributed by atoms with van der Waals surface area (Å²) in [5, 5.41) is 8.31. The van der Waals surface area contributed by atoms with Gasteiger partial charge in [0.05, 0.1) is 13.7 Å². The Labute approximate surface area is 202 Å². The molecule has 2 aromatic heterocycles. The summed E-state index contributed by atoms with van der Waals surface area (Å²) in [6.07, 6.45) is 3.19. The minimum atomic E-state index is -0.142. The summed E-state index contributed by atoms with van der Waals surface area (Å²) in [6.45, 7) is 6.42. The summed E-state index contributed by atoms with van der Waals surface area (Å²) < 4.78 is 12.3. The van der Waals surface area contributed by atoms with E-state index in [1.807, 2.05) is 25.1 Å². The molecule has 0 aliphatic carbocycles. The van der Waals surface area contributed by atoms with Crippen molar-refractivity contribution in [2.75, 3.05) is 31.7 Å². The zero-order valence-corrected chi connectivity index (χ0v) is 20.7. The number of hydrogen-bond acceptors (Lipinski definition) is 8. The number of anilines is 1. The van der Waals surface area contributed by atoms with Crippen LogP contribution in [0.2, 0.25) is 0 Å². The van der Waals surface area contributed by atoms with E-state index in [2.05, 4.69) is 27.2 Å². The minimum absolute atomic E-state index is 0.0489. The van der Waals surface area contributed by atoms with Crippen LogP contribution in [0.25, 0.3) is 4.96 Å². The van der Waals surface area contributed by atoms with Gasteiger partial charge in [0.25, 0.3) is 5.56 Å². The molecule has 3 aromatic rings. The third-order valence-corrected chi connectivity index (χ3v) is 6.89. The van der Waals surface area contributed by atoms with E-state index in [4.69, 9.17) is 9.47 Å². The number of hydrogen-bond donors (Lipinski definition) is 1. The van der Waals surface area contributed by atoms with Crippen LogP contribution >= 0.6 is 11.3 Å². The quantitative estimate of drug-likeness (QED) is 0.497. The lowest BCUT2D eigenvalue weighted by Gasteiger charge is -2.30. The number of rotatable bonds is 9. The number of nitrogens with zero attached hydrogens (tertiary/aromatic N) is 4. The molecule has 0 saturated carbocycles. The van der Waals surface area contributed by atoms with Crippen molar-refractivity contribution >= 4 is 27.3 Å². The molecule has 1 aromatic carbocycles. The standard InChI is InChI=1S/C24H31N5O4S/c1-4-6-18-14-21(30)29-23(26-18)34-24(27-29)28-11-9-17(10-12-28)22(31)25-15-16-7-8-19(33-5-2)20(13-16)32-3/h7-8,13-14,17H,4-6,9-12,15H2,1-3H3,(H,25,31). The summed E-state index contributed by atoms with van der Waals surface area (Å²) in [7, 11) is 1.61. The number of piperidine rings is 1. The van der Waals surface area contributed by atoms with Crippen LogP contribution in [0.15, 0.2) is 29.1 Å². The van der Waals surface area contributed by atoms with Gasteiger partial charge in [-0.25, -0.2) is 4.98 Å². The summed E-state index contributed by atoms with van der Waals surface area (Å²) in [5.74, 6) is 1.36. The highest BCUT2D eigenvalue weighted by Crippen LogP contribution is 2.29. The van der Waals surface area contributed by atoms with E-state index in [1.54, 1.807) is 13.2 Å². The molecule has 182 valence electrons. The Kier molecular flexibility index (Phi) is 7.66. The largest absolute Gasteiger partial charge is 0.493 e. The molecule has 1 fully saturated rings. The van der Waals surface area contributed by atoms with Gasteiger partial charge in [0.15, 0.2) is 11.5 Å².